The van der Waals surface area contributed by atoms with E-state index in [4.69, 9.17) is 0 Å². The van der Waals surface area contributed by atoms with E-state index in [9.17, 15) is 30.0 Å². The second-order valence-corrected chi connectivity index (χ2v) is 10.7. The van der Waals surface area contributed by atoms with Crippen molar-refractivity contribution >= 4 is 20.0 Å². The Morgan fingerprint density at radius 2 is 0.963 bits per heavy atom. The molecule has 5 nitrogen and oxygen atoms in total. The lowest BCUT2D eigenvalue weighted by Crippen LogP contribution is -2.41. The maximum Gasteiger partial charge on any atom is 0.512 e. The summed E-state index contributed by atoms with van der Waals surface area (Å²) in [4.78, 5) is 0. The van der Waals surface area contributed by atoms with E-state index >= 15 is 0 Å². The number of rotatable bonds is 17. The van der Waals surface area contributed by atoms with Gasteiger partial charge in [-0.15, -0.1) is 4.13 Å². The second kappa shape index (κ2) is 13.8. The smallest absolute Gasteiger partial charge is 0.211 e. The molecule has 164 valence electrons. The van der Waals surface area contributed by atoms with Gasteiger partial charge in [0.2, 0.25) is 10.0 Å². The first-order valence-corrected chi connectivity index (χ1v) is 13.0. The Hall–Kier alpha value is -0.350. The summed E-state index contributed by atoms with van der Waals surface area (Å²) in [6, 6.07) is 0. The minimum absolute atomic E-state index is 0.139. The second-order valence-electron chi connectivity index (χ2n) is 6.95. The van der Waals surface area contributed by atoms with Gasteiger partial charge >= 0.3 is 15.5 Å². The average Bonchev–Trinajstić information content (AvgIpc) is 2.53. The van der Waals surface area contributed by atoms with Crippen LogP contribution in [-0.2, 0) is 20.0 Å². The fraction of sp³-hybridized carbons (Fsp3) is 1.00. The van der Waals surface area contributed by atoms with Gasteiger partial charge in [0.05, 0.1) is 5.75 Å². The molecule has 0 spiro atoms. The molecule has 0 bridgehead atoms. The standard InChI is InChI=1S/C17H34F3NO4S2/c1-2-3-4-5-6-7-8-9-10-11-12-13-14-15-16-26(22,23)21-27(24,25)17(18,19)20/h21H,2-16H2,1H3. The number of alkyl halides is 3. The van der Waals surface area contributed by atoms with Crippen molar-refractivity contribution in [2.45, 2.75) is 102 Å². The summed E-state index contributed by atoms with van der Waals surface area (Å²) in [5.41, 5.74) is -5.63. The molecule has 0 fully saturated rings. The first-order valence-electron chi connectivity index (χ1n) is 9.84. The van der Waals surface area contributed by atoms with E-state index in [0.717, 1.165) is 29.8 Å². The number of sulfonamides is 2. The van der Waals surface area contributed by atoms with Crippen molar-refractivity contribution in [3.8, 4) is 0 Å². The first-order chi connectivity index (χ1) is 12.5. The Kier molecular flexibility index (Phi) is 13.6. The Morgan fingerprint density at radius 3 is 1.30 bits per heavy atom. The van der Waals surface area contributed by atoms with Crippen LogP contribution in [0.5, 0.6) is 0 Å². The summed E-state index contributed by atoms with van der Waals surface area (Å²) in [7, 11) is -10.4. The van der Waals surface area contributed by atoms with Crippen molar-refractivity contribution in [3.05, 3.63) is 0 Å². The molecule has 0 aliphatic rings. The molecule has 10 heteroatoms. The van der Waals surface area contributed by atoms with E-state index in [0.29, 0.717) is 6.42 Å². The molecular weight excluding hydrogens is 403 g/mol. The van der Waals surface area contributed by atoms with Gasteiger partial charge < -0.3 is 0 Å². The molecule has 1 N–H and O–H groups in total. The Morgan fingerprint density at radius 1 is 0.630 bits per heavy atom. The van der Waals surface area contributed by atoms with Crippen LogP contribution in [0.4, 0.5) is 13.2 Å². The minimum Gasteiger partial charge on any atom is -0.211 e. The topological polar surface area (TPSA) is 80.3 Å². The molecule has 0 radical (unpaired) electrons. The average molecular weight is 438 g/mol. The van der Waals surface area contributed by atoms with Crippen molar-refractivity contribution in [2.24, 2.45) is 0 Å². The summed E-state index contributed by atoms with van der Waals surface area (Å²) in [5, 5.41) is 0. The SMILES string of the molecule is CCCCCCCCCCCCCCCCS(=O)(=O)NS(=O)(=O)C(F)(F)F. The van der Waals surface area contributed by atoms with Gasteiger partial charge in [-0.2, -0.15) is 13.2 Å². The largest absolute Gasteiger partial charge is 0.512 e. The highest BCUT2D eigenvalue weighted by atomic mass is 32.3. The molecule has 0 aromatic rings. The number of halogens is 3. The molecule has 0 saturated heterocycles. The van der Waals surface area contributed by atoms with Gasteiger partial charge in [0.25, 0.3) is 0 Å². The lowest BCUT2D eigenvalue weighted by atomic mass is 10.0. The van der Waals surface area contributed by atoms with E-state index in [1.165, 1.54) is 51.4 Å². The van der Waals surface area contributed by atoms with Crippen LogP contribution in [0.15, 0.2) is 0 Å². The highest BCUT2D eigenvalue weighted by Gasteiger charge is 2.48. The van der Waals surface area contributed by atoms with Crippen LogP contribution in [0.2, 0.25) is 0 Å². The van der Waals surface area contributed by atoms with Gasteiger partial charge in [0.15, 0.2) is 0 Å². The van der Waals surface area contributed by atoms with Crippen LogP contribution in [-0.4, -0.2) is 28.1 Å². The molecule has 0 heterocycles. The normalized spacial score (nSPS) is 13.2. The van der Waals surface area contributed by atoms with Gasteiger partial charge in [0.1, 0.15) is 0 Å². The van der Waals surface area contributed by atoms with E-state index in [-0.39, 0.29) is 6.42 Å². The van der Waals surface area contributed by atoms with Crippen LogP contribution < -0.4 is 4.13 Å². The van der Waals surface area contributed by atoms with Crippen molar-refractivity contribution in [1.82, 2.24) is 4.13 Å². The van der Waals surface area contributed by atoms with E-state index in [1.807, 2.05) is 0 Å². The first kappa shape index (κ1) is 26.6. The van der Waals surface area contributed by atoms with Crippen molar-refractivity contribution < 1.29 is 30.0 Å². The van der Waals surface area contributed by atoms with Gasteiger partial charge in [-0.25, -0.2) is 16.8 Å². The molecule has 0 rings (SSSR count). The number of hydrogen-bond donors (Lipinski definition) is 1. The number of nitrogens with one attached hydrogen (secondary N) is 1. The highest BCUT2D eigenvalue weighted by Crippen LogP contribution is 2.22. The lowest BCUT2D eigenvalue weighted by Gasteiger charge is -2.10. The summed E-state index contributed by atoms with van der Waals surface area (Å²) in [6.07, 6.45) is 14.8. The molecule has 0 saturated carbocycles. The van der Waals surface area contributed by atoms with Crippen LogP contribution in [0, 0.1) is 0 Å². The fourth-order valence-electron chi connectivity index (χ4n) is 2.74. The lowest BCUT2D eigenvalue weighted by molar-refractivity contribution is -0.0441. The third kappa shape index (κ3) is 14.3. The summed E-state index contributed by atoms with van der Waals surface area (Å²) >= 11 is 0. The summed E-state index contributed by atoms with van der Waals surface area (Å²) in [5.74, 6) is -0.625. The summed E-state index contributed by atoms with van der Waals surface area (Å²) in [6.45, 7) is 2.20. The summed E-state index contributed by atoms with van der Waals surface area (Å²) < 4.78 is 81.7. The Bertz CT molecular complexity index is 575. The van der Waals surface area contributed by atoms with E-state index in [1.54, 1.807) is 0 Å². The maximum absolute atomic E-state index is 12.2. The molecule has 0 aromatic carbocycles. The quantitative estimate of drug-likeness (QED) is 0.316. The molecule has 27 heavy (non-hydrogen) atoms. The molecular formula is C17H34F3NO4S2. The van der Waals surface area contributed by atoms with Gasteiger partial charge in [-0.05, 0) is 6.42 Å². The van der Waals surface area contributed by atoms with Gasteiger partial charge in [0, 0.05) is 0 Å². The molecule has 0 aromatic heterocycles. The van der Waals surface area contributed by atoms with Crippen molar-refractivity contribution in [3.63, 3.8) is 0 Å². The zero-order valence-corrected chi connectivity index (χ0v) is 17.8. The molecule has 0 aliphatic carbocycles. The predicted molar refractivity (Wildman–Crippen MR) is 102 cm³/mol. The fourth-order valence-corrected chi connectivity index (χ4v) is 5.38. The Balaban J connectivity index is 3.61. The number of unbranched alkanes of at least 4 members (excludes halogenated alkanes) is 13. The molecule has 0 amide bonds. The van der Waals surface area contributed by atoms with Gasteiger partial charge in [-0.1, -0.05) is 90.4 Å². The van der Waals surface area contributed by atoms with Crippen LogP contribution in [0.1, 0.15) is 96.8 Å². The molecule has 0 atom stereocenters. The maximum atomic E-state index is 12.2. The zero-order chi connectivity index (χ0) is 20.8. The zero-order valence-electron chi connectivity index (χ0n) is 16.2. The Labute approximate surface area is 162 Å². The third-order valence-corrected chi connectivity index (χ3v) is 7.64. The van der Waals surface area contributed by atoms with Gasteiger partial charge in [-0.3, -0.25) is 0 Å². The van der Waals surface area contributed by atoms with Crippen molar-refractivity contribution in [2.75, 3.05) is 5.75 Å². The minimum atomic E-state index is -5.86. The van der Waals surface area contributed by atoms with E-state index < -0.39 is 31.3 Å². The molecule has 0 aliphatic heterocycles. The van der Waals surface area contributed by atoms with Crippen LogP contribution in [0.25, 0.3) is 0 Å². The third-order valence-electron chi connectivity index (χ3n) is 4.31. The highest BCUT2D eigenvalue weighted by molar-refractivity contribution is 8.05. The number of hydrogen-bond acceptors (Lipinski definition) is 4. The molecule has 0 unspecified atom stereocenters. The van der Waals surface area contributed by atoms with E-state index in [2.05, 4.69) is 6.92 Å². The monoisotopic (exact) mass is 437 g/mol. The van der Waals surface area contributed by atoms with Crippen LogP contribution in [0.3, 0.4) is 0 Å². The predicted octanol–water partition coefficient (Wildman–Crippen LogP) is 5.24. The van der Waals surface area contributed by atoms with Crippen molar-refractivity contribution in [1.29, 1.82) is 0 Å². The van der Waals surface area contributed by atoms with Crippen LogP contribution >= 0.6 is 0 Å².